The highest BCUT2D eigenvalue weighted by atomic mass is 19.4. The van der Waals surface area contributed by atoms with Crippen LogP contribution in [-0.2, 0) is 14.3 Å². The lowest BCUT2D eigenvalue weighted by Crippen LogP contribution is -2.58. The molecule has 1 N–H and O–H groups in total. The largest absolute Gasteiger partial charge is 0.391 e. The number of halogens is 6. The smallest absolute Gasteiger partial charge is 0.379 e. The molecule has 6 unspecified atom stereocenters. The fourth-order valence-corrected chi connectivity index (χ4v) is 6.47. The Bertz CT molecular complexity index is 709. The average molecular weight is 546 g/mol. The van der Waals surface area contributed by atoms with Crippen molar-refractivity contribution in [2.24, 2.45) is 23.7 Å². The van der Waals surface area contributed by atoms with Gasteiger partial charge in [-0.15, -0.1) is 0 Å². The second kappa shape index (κ2) is 12.8. The van der Waals surface area contributed by atoms with Crippen molar-refractivity contribution in [2.45, 2.75) is 75.5 Å². The second-order valence-corrected chi connectivity index (χ2v) is 11.0. The number of ether oxygens (including phenoxy) is 2. The molecule has 6 nitrogen and oxygen atoms in total. The molecule has 0 aromatic heterocycles. The quantitative estimate of drug-likeness (QED) is 0.466. The highest BCUT2D eigenvalue weighted by Gasteiger charge is 2.51. The van der Waals surface area contributed by atoms with Crippen LogP contribution in [0, 0.1) is 23.7 Å². The molecule has 37 heavy (non-hydrogen) atoms. The third-order valence-corrected chi connectivity index (χ3v) is 8.60. The normalized spacial score (nSPS) is 33.2. The number of nitrogens with zero attached hydrogens (tertiary/aromatic N) is 2. The Balaban J connectivity index is 1.68. The average Bonchev–Trinajstić information content (AvgIpc) is 2.86. The van der Waals surface area contributed by atoms with Gasteiger partial charge >= 0.3 is 12.4 Å². The molecule has 0 aromatic rings. The van der Waals surface area contributed by atoms with E-state index in [0.717, 1.165) is 25.9 Å². The number of carbonyl (C=O) groups excluding carboxylic acids is 1. The number of carbonyl (C=O) groups is 1. The summed E-state index contributed by atoms with van der Waals surface area (Å²) in [6.07, 6.45) is -8.78. The van der Waals surface area contributed by atoms with Gasteiger partial charge in [-0.2, -0.15) is 26.3 Å². The zero-order valence-corrected chi connectivity index (χ0v) is 21.9. The summed E-state index contributed by atoms with van der Waals surface area (Å²) in [5, 5.41) is 3.28. The van der Waals surface area contributed by atoms with E-state index < -0.39 is 42.6 Å². The molecular formula is C25H41F6N3O3. The van der Waals surface area contributed by atoms with Crippen LogP contribution in [0.2, 0.25) is 0 Å². The number of nitrogens with one attached hydrogen (secondary N) is 1. The fourth-order valence-electron chi connectivity index (χ4n) is 6.47. The van der Waals surface area contributed by atoms with Crippen LogP contribution >= 0.6 is 0 Å². The van der Waals surface area contributed by atoms with Gasteiger partial charge < -0.3 is 19.7 Å². The Labute approximate surface area is 215 Å². The van der Waals surface area contributed by atoms with Crippen LogP contribution in [0.25, 0.3) is 0 Å². The van der Waals surface area contributed by atoms with Crippen molar-refractivity contribution in [3.8, 4) is 0 Å². The third-order valence-electron chi connectivity index (χ3n) is 8.60. The van der Waals surface area contributed by atoms with Crippen LogP contribution in [0.15, 0.2) is 0 Å². The summed E-state index contributed by atoms with van der Waals surface area (Å²) in [4.78, 5) is 17.4. The number of methoxy groups -OCH3 is 2. The van der Waals surface area contributed by atoms with E-state index in [9.17, 15) is 31.1 Å². The first-order valence-electron chi connectivity index (χ1n) is 13.2. The molecule has 1 heterocycles. The third kappa shape index (κ3) is 7.95. The summed E-state index contributed by atoms with van der Waals surface area (Å²) >= 11 is 0. The molecule has 3 rings (SSSR count). The van der Waals surface area contributed by atoms with Gasteiger partial charge in [0.1, 0.15) is 0 Å². The summed E-state index contributed by atoms with van der Waals surface area (Å²) in [6, 6.07) is -0.417. The second-order valence-electron chi connectivity index (χ2n) is 11.0. The predicted octanol–water partition coefficient (Wildman–Crippen LogP) is 4.10. The van der Waals surface area contributed by atoms with Gasteiger partial charge in [0.2, 0.25) is 5.91 Å². The lowest BCUT2D eigenvalue weighted by molar-refractivity contribution is -0.229. The number of hydrogen-bond donors (Lipinski definition) is 1. The topological polar surface area (TPSA) is 54.0 Å². The Hall–Kier alpha value is -1.11. The molecule has 2 aliphatic carbocycles. The molecule has 0 spiro atoms. The van der Waals surface area contributed by atoms with Gasteiger partial charge in [0.25, 0.3) is 0 Å². The maximum absolute atomic E-state index is 13.7. The van der Waals surface area contributed by atoms with E-state index in [1.807, 2.05) is 0 Å². The highest BCUT2D eigenvalue weighted by Crippen LogP contribution is 2.48. The summed E-state index contributed by atoms with van der Waals surface area (Å²) in [7, 11) is 4.87. The van der Waals surface area contributed by atoms with E-state index in [4.69, 9.17) is 9.47 Å². The van der Waals surface area contributed by atoms with Crippen molar-refractivity contribution in [3.63, 3.8) is 0 Å². The maximum Gasteiger partial charge on any atom is 0.391 e. The number of alkyl halides is 6. The van der Waals surface area contributed by atoms with Crippen molar-refractivity contribution in [2.75, 3.05) is 54.0 Å². The summed E-state index contributed by atoms with van der Waals surface area (Å²) < 4.78 is 91.4. The number of piperazine rings is 1. The van der Waals surface area contributed by atoms with Gasteiger partial charge in [0.15, 0.2) is 0 Å². The molecule has 1 amide bonds. The van der Waals surface area contributed by atoms with Gasteiger partial charge in [-0.25, -0.2) is 0 Å². The molecule has 3 fully saturated rings. The summed E-state index contributed by atoms with van der Waals surface area (Å²) in [6.45, 7) is 3.00. The van der Waals surface area contributed by atoms with Gasteiger partial charge in [-0.05, 0) is 56.8 Å². The molecule has 1 saturated heterocycles. The van der Waals surface area contributed by atoms with Crippen LogP contribution in [0.3, 0.4) is 0 Å². The molecule has 0 radical (unpaired) electrons. The van der Waals surface area contributed by atoms with Gasteiger partial charge in [-0.3, -0.25) is 9.69 Å². The van der Waals surface area contributed by atoms with Crippen molar-refractivity contribution >= 4 is 5.91 Å². The van der Waals surface area contributed by atoms with E-state index in [-0.39, 0.29) is 49.8 Å². The van der Waals surface area contributed by atoms with Crippen LogP contribution in [0.1, 0.15) is 44.9 Å². The van der Waals surface area contributed by atoms with E-state index >= 15 is 0 Å². The lowest BCUT2D eigenvalue weighted by atomic mass is 9.73. The SMILES string of the molecule is COC1CCC(C(C(=O)N(C)CCC2CC(C(F)(F)F)CC(C(F)(F)F)C2)N2CCNCC2)CC1OC. The molecule has 0 bridgehead atoms. The van der Waals surface area contributed by atoms with Crippen molar-refractivity contribution in [3.05, 3.63) is 0 Å². The first-order valence-corrected chi connectivity index (χ1v) is 13.2. The highest BCUT2D eigenvalue weighted by molar-refractivity contribution is 5.82. The number of likely N-dealkylation sites (N-methyl/N-ethyl adjacent to an activating group) is 1. The standard InChI is InChI=1S/C25H41F6N3O3/c1-33(9-6-16-12-18(24(26,27)28)15-19(13-16)25(29,30)31)23(35)22(34-10-7-32-8-11-34)17-4-5-20(36-2)21(14-17)37-3/h16-22,32H,4-15H2,1-3H3. The zero-order valence-electron chi connectivity index (χ0n) is 21.9. The molecule has 2 saturated carbocycles. The molecular weight excluding hydrogens is 504 g/mol. The van der Waals surface area contributed by atoms with Gasteiger partial charge in [0.05, 0.1) is 30.1 Å². The summed E-state index contributed by atoms with van der Waals surface area (Å²) in [5.74, 6) is -4.78. The van der Waals surface area contributed by atoms with Crippen LogP contribution < -0.4 is 5.32 Å². The van der Waals surface area contributed by atoms with Gasteiger partial charge in [-0.1, -0.05) is 0 Å². The number of rotatable bonds is 8. The molecule has 216 valence electrons. The van der Waals surface area contributed by atoms with Crippen molar-refractivity contribution in [1.82, 2.24) is 15.1 Å². The fraction of sp³-hybridized carbons (Fsp3) is 0.960. The van der Waals surface area contributed by atoms with Crippen molar-refractivity contribution in [1.29, 1.82) is 0 Å². The van der Waals surface area contributed by atoms with E-state index in [2.05, 4.69) is 10.2 Å². The van der Waals surface area contributed by atoms with E-state index in [1.165, 1.54) is 4.90 Å². The minimum Gasteiger partial charge on any atom is -0.379 e. The molecule has 6 atom stereocenters. The van der Waals surface area contributed by atoms with Crippen LogP contribution in [0.4, 0.5) is 26.3 Å². The number of hydrogen-bond acceptors (Lipinski definition) is 5. The minimum atomic E-state index is -4.66. The van der Waals surface area contributed by atoms with Crippen LogP contribution in [0.5, 0.6) is 0 Å². The van der Waals surface area contributed by atoms with Crippen molar-refractivity contribution < 1.29 is 40.6 Å². The Morgan fingerprint density at radius 3 is 2.00 bits per heavy atom. The summed E-state index contributed by atoms with van der Waals surface area (Å²) in [5.41, 5.74) is 0. The molecule has 1 aliphatic heterocycles. The molecule has 12 heteroatoms. The minimum absolute atomic E-state index is 0.0169. The van der Waals surface area contributed by atoms with E-state index in [0.29, 0.717) is 19.5 Å². The monoisotopic (exact) mass is 545 g/mol. The predicted molar refractivity (Wildman–Crippen MR) is 126 cm³/mol. The molecule has 3 aliphatic rings. The van der Waals surface area contributed by atoms with E-state index in [1.54, 1.807) is 21.3 Å². The Kier molecular flexibility index (Phi) is 10.6. The molecule has 0 aromatic carbocycles. The first-order chi connectivity index (χ1) is 17.3. The Morgan fingerprint density at radius 2 is 1.49 bits per heavy atom. The zero-order chi connectivity index (χ0) is 27.4. The lowest BCUT2D eigenvalue weighted by Gasteiger charge is -2.44. The maximum atomic E-state index is 13.7. The number of amides is 1. The van der Waals surface area contributed by atoms with Crippen LogP contribution in [-0.4, -0.2) is 100 Å². The first kappa shape index (κ1) is 30.4. The van der Waals surface area contributed by atoms with Gasteiger partial charge in [0, 0.05) is 54.0 Å². The Morgan fingerprint density at radius 1 is 0.919 bits per heavy atom.